The van der Waals surface area contributed by atoms with Crippen molar-refractivity contribution in [2.45, 2.75) is 31.7 Å². The fourth-order valence-electron chi connectivity index (χ4n) is 1.37. The van der Waals surface area contributed by atoms with Crippen LogP contribution in [0.25, 0.3) is 0 Å². The number of rotatable bonds is 4. The van der Waals surface area contributed by atoms with E-state index in [4.69, 9.17) is 11.6 Å². The first-order valence-corrected chi connectivity index (χ1v) is 5.46. The number of anilines is 1. The van der Waals surface area contributed by atoms with Gasteiger partial charge in [-0.25, -0.2) is 9.97 Å². The van der Waals surface area contributed by atoms with Crippen molar-refractivity contribution in [1.82, 2.24) is 9.97 Å². The molecule has 0 saturated heterocycles. The van der Waals surface area contributed by atoms with Crippen molar-refractivity contribution in [3.63, 3.8) is 0 Å². The third kappa shape index (κ3) is 1.98. The van der Waals surface area contributed by atoms with Crippen LogP contribution in [0, 0.1) is 0 Å². The Morgan fingerprint density at radius 2 is 2.29 bits per heavy atom. The number of aryl methyl sites for hydroxylation is 1. The van der Waals surface area contributed by atoms with E-state index in [0.717, 1.165) is 30.8 Å². The Labute approximate surface area is 88.9 Å². The lowest BCUT2D eigenvalue weighted by Crippen LogP contribution is -2.23. The SMILES string of the molecule is CCc1cc(NC2(CCl)CC2)ncn1. The van der Waals surface area contributed by atoms with Gasteiger partial charge in [0, 0.05) is 17.6 Å². The zero-order valence-corrected chi connectivity index (χ0v) is 9.01. The van der Waals surface area contributed by atoms with Gasteiger partial charge in [-0.05, 0) is 19.3 Å². The number of hydrogen-bond donors (Lipinski definition) is 1. The summed E-state index contributed by atoms with van der Waals surface area (Å²) in [5.74, 6) is 1.55. The highest BCUT2D eigenvalue weighted by Gasteiger charge is 2.42. The van der Waals surface area contributed by atoms with Gasteiger partial charge in [0.15, 0.2) is 0 Å². The lowest BCUT2D eigenvalue weighted by atomic mass is 10.3. The average Bonchev–Trinajstić information content (AvgIpc) is 2.99. The average molecular weight is 212 g/mol. The molecule has 1 aromatic rings. The molecule has 76 valence electrons. The number of alkyl halides is 1. The van der Waals surface area contributed by atoms with Crippen LogP contribution in [0.4, 0.5) is 5.82 Å². The van der Waals surface area contributed by atoms with Crippen molar-refractivity contribution < 1.29 is 0 Å². The summed E-state index contributed by atoms with van der Waals surface area (Å²) in [5.41, 5.74) is 1.17. The van der Waals surface area contributed by atoms with Crippen LogP contribution >= 0.6 is 11.6 Å². The highest BCUT2D eigenvalue weighted by molar-refractivity contribution is 6.19. The van der Waals surface area contributed by atoms with E-state index in [9.17, 15) is 0 Å². The lowest BCUT2D eigenvalue weighted by molar-refractivity contribution is 0.824. The largest absolute Gasteiger partial charge is 0.363 e. The molecule has 0 aromatic carbocycles. The molecule has 2 rings (SSSR count). The molecule has 1 aliphatic carbocycles. The van der Waals surface area contributed by atoms with Crippen LogP contribution in [-0.4, -0.2) is 21.4 Å². The predicted molar refractivity (Wildman–Crippen MR) is 57.7 cm³/mol. The third-order valence-electron chi connectivity index (χ3n) is 2.59. The molecule has 0 spiro atoms. The van der Waals surface area contributed by atoms with Gasteiger partial charge in [0.25, 0.3) is 0 Å². The summed E-state index contributed by atoms with van der Waals surface area (Å²) in [4.78, 5) is 8.33. The summed E-state index contributed by atoms with van der Waals surface area (Å²) in [7, 11) is 0. The van der Waals surface area contributed by atoms with Crippen molar-refractivity contribution >= 4 is 17.4 Å². The fourth-order valence-corrected chi connectivity index (χ4v) is 1.71. The van der Waals surface area contributed by atoms with E-state index in [1.807, 2.05) is 6.07 Å². The maximum Gasteiger partial charge on any atom is 0.130 e. The fraction of sp³-hybridized carbons (Fsp3) is 0.600. The maximum absolute atomic E-state index is 5.87. The third-order valence-corrected chi connectivity index (χ3v) is 3.10. The molecule has 0 unspecified atom stereocenters. The van der Waals surface area contributed by atoms with Crippen molar-refractivity contribution in [3.05, 3.63) is 18.1 Å². The minimum Gasteiger partial charge on any atom is -0.363 e. The minimum atomic E-state index is 0.112. The Hall–Kier alpha value is -0.830. The van der Waals surface area contributed by atoms with Crippen molar-refractivity contribution in [3.8, 4) is 0 Å². The molecule has 0 atom stereocenters. The zero-order valence-electron chi connectivity index (χ0n) is 8.26. The zero-order chi connectivity index (χ0) is 10.0. The molecule has 1 N–H and O–H groups in total. The highest BCUT2D eigenvalue weighted by atomic mass is 35.5. The van der Waals surface area contributed by atoms with Crippen LogP contribution in [0.2, 0.25) is 0 Å². The summed E-state index contributed by atoms with van der Waals surface area (Å²) in [6, 6.07) is 1.99. The van der Waals surface area contributed by atoms with Gasteiger partial charge in [0.2, 0.25) is 0 Å². The van der Waals surface area contributed by atoms with Crippen LogP contribution in [-0.2, 0) is 6.42 Å². The van der Waals surface area contributed by atoms with Gasteiger partial charge in [-0.1, -0.05) is 6.92 Å². The van der Waals surface area contributed by atoms with E-state index in [2.05, 4.69) is 22.2 Å². The standard InChI is InChI=1S/C10H14ClN3/c1-2-8-5-9(13-7-12-8)14-10(6-11)3-4-10/h5,7H,2-4,6H2,1H3,(H,12,13,14). The monoisotopic (exact) mass is 211 g/mol. The number of halogens is 1. The topological polar surface area (TPSA) is 37.8 Å². The molecule has 0 radical (unpaired) electrons. The van der Waals surface area contributed by atoms with Gasteiger partial charge in [-0.15, -0.1) is 11.6 Å². The molecule has 4 heteroatoms. The van der Waals surface area contributed by atoms with E-state index >= 15 is 0 Å². The first-order chi connectivity index (χ1) is 6.78. The van der Waals surface area contributed by atoms with Crippen molar-refractivity contribution in [2.75, 3.05) is 11.2 Å². The van der Waals surface area contributed by atoms with Gasteiger partial charge in [-0.3, -0.25) is 0 Å². The van der Waals surface area contributed by atoms with E-state index in [0.29, 0.717) is 5.88 Å². The van der Waals surface area contributed by atoms with E-state index < -0.39 is 0 Å². The highest BCUT2D eigenvalue weighted by Crippen LogP contribution is 2.39. The van der Waals surface area contributed by atoms with Crippen molar-refractivity contribution in [1.29, 1.82) is 0 Å². The summed E-state index contributed by atoms with van der Waals surface area (Å²) in [6.07, 6.45) is 4.82. The number of nitrogens with zero attached hydrogens (tertiary/aromatic N) is 2. The Morgan fingerprint density at radius 1 is 1.50 bits per heavy atom. The molecule has 1 aromatic heterocycles. The molecule has 0 bridgehead atoms. The molecule has 14 heavy (non-hydrogen) atoms. The quantitative estimate of drug-likeness (QED) is 0.777. The first-order valence-electron chi connectivity index (χ1n) is 4.93. The summed E-state index contributed by atoms with van der Waals surface area (Å²) in [6.45, 7) is 2.08. The number of hydrogen-bond acceptors (Lipinski definition) is 3. The van der Waals surface area contributed by atoms with Gasteiger partial charge < -0.3 is 5.32 Å². The first kappa shape index (κ1) is 9.71. The second-order valence-corrected chi connectivity index (χ2v) is 4.05. The number of nitrogens with one attached hydrogen (secondary N) is 1. The van der Waals surface area contributed by atoms with Crippen LogP contribution in [0.1, 0.15) is 25.5 Å². The van der Waals surface area contributed by atoms with Gasteiger partial charge in [0.05, 0.1) is 5.54 Å². The molecule has 0 aliphatic heterocycles. The normalized spacial score (nSPS) is 17.9. The lowest BCUT2D eigenvalue weighted by Gasteiger charge is -2.14. The second-order valence-electron chi connectivity index (χ2n) is 3.79. The summed E-state index contributed by atoms with van der Waals surface area (Å²) >= 11 is 5.87. The van der Waals surface area contributed by atoms with E-state index in [-0.39, 0.29) is 5.54 Å². The Bertz CT molecular complexity index is 323. The van der Waals surface area contributed by atoms with Crippen LogP contribution < -0.4 is 5.32 Å². The Kier molecular flexibility index (Phi) is 2.59. The van der Waals surface area contributed by atoms with Crippen LogP contribution in [0.5, 0.6) is 0 Å². The molecule has 1 heterocycles. The van der Waals surface area contributed by atoms with Crippen molar-refractivity contribution in [2.24, 2.45) is 0 Å². The molecule has 3 nitrogen and oxygen atoms in total. The van der Waals surface area contributed by atoms with Gasteiger partial charge >= 0.3 is 0 Å². The van der Waals surface area contributed by atoms with Crippen LogP contribution in [0.15, 0.2) is 12.4 Å². The van der Waals surface area contributed by atoms with E-state index in [1.165, 1.54) is 0 Å². The summed E-state index contributed by atoms with van der Waals surface area (Å²) in [5, 5.41) is 3.37. The molecule has 1 saturated carbocycles. The molecule has 0 amide bonds. The molecular formula is C10H14ClN3. The number of aromatic nitrogens is 2. The molecule has 1 aliphatic rings. The predicted octanol–water partition coefficient (Wildman–Crippen LogP) is 2.22. The Balaban J connectivity index is 2.09. The Morgan fingerprint density at radius 3 is 2.86 bits per heavy atom. The van der Waals surface area contributed by atoms with E-state index in [1.54, 1.807) is 6.33 Å². The van der Waals surface area contributed by atoms with Crippen LogP contribution in [0.3, 0.4) is 0 Å². The maximum atomic E-state index is 5.87. The van der Waals surface area contributed by atoms with Gasteiger partial charge in [0.1, 0.15) is 12.1 Å². The van der Waals surface area contributed by atoms with Gasteiger partial charge in [-0.2, -0.15) is 0 Å². The summed E-state index contributed by atoms with van der Waals surface area (Å²) < 4.78 is 0. The molecular weight excluding hydrogens is 198 g/mol. The minimum absolute atomic E-state index is 0.112. The molecule has 1 fully saturated rings. The second kappa shape index (κ2) is 3.73. The smallest absolute Gasteiger partial charge is 0.130 e.